The molecule has 0 unspecified atom stereocenters. The zero-order valence-electron chi connectivity index (χ0n) is 13.1. The Labute approximate surface area is 144 Å². The SMILES string of the molecule is COc1ccc(C=C(C#N)c2ccc(OC)c(OC)c2)cc1Br. The number of rotatable bonds is 5. The second kappa shape index (κ2) is 7.70. The topological polar surface area (TPSA) is 51.5 Å². The third kappa shape index (κ3) is 3.85. The number of nitrogens with zero attached hydrogens (tertiary/aromatic N) is 1. The molecule has 0 N–H and O–H groups in total. The summed E-state index contributed by atoms with van der Waals surface area (Å²) in [6, 6.07) is 13.3. The predicted molar refractivity (Wildman–Crippen MR) is 93.7 cm³/mol. The van der Waals surface area contributed by atoms with Crippen LogP contribution >= 0.6 is 15.9 Å². The number of ether oxygens (including phenoxy) is 3. The molecule has 2 rings (SSSR count). The van der Waals surface area contributed by atoms with Crippen LogP contribution in [-0.4, -0.2) is 21.3 Å². The molecule has 0 radical (unpaired) electrons. The largest absolute Gasteiger partial charge is 0.496 e. The number of benzene rings is 2. The van der Waals surface area contributed by atoms with Gasteiger partial charge in [0.05, 0.1) is 37.4 Å². The maximum atomic E-state index is 9.47. The zero-order valence-corrected chi connectivity index (χ0v) is 14.7. The number of nitriles is 1. The van der Waals surface area contributed by atoms with Crippen LogP contribution in [0.5, 0.6) is 17.2 Å². The van der Waals surface area contributed by atoms with Crippen molar-refractivity contribution in [3.63, 3.8) is 0 Å². The molecule has 0 aliphatic heterocycles. The van der Waals surface area contributed by atoms with Gasteiger partial charge >= 0.3 is 0 Å². The summed E-state index contributed by atoms with van der Waals surface area (Å²) in [5, 5.41) is 9.47. The number of methoxy groups -OCH3 is 3. The van der Waals surface area contributed by atoms with Crippen LogP contribution in [0.1, 0.15) is 11.1 Å². The van der Waals surface area contributed by atoms with Crippen molar-refractivity contribution >= 4 is 27.6 Å². The summed E-state index contributed by atoms with van der Waals surface area (Å²) in [6.45, 7) is 0. The smallest absolute Gasteiger partial charge is 0.161 e. The van der Waals surface area contributed by atoms with E-state index < -0.39 is 0 Å². The summed E-state index contributed by atoms with van der Waals surface area (Å²) < 4.78 is 16.5. The Morgan fingerprint density at radius 1 is 0.957 bits per heavy atom. The van der Waals surface area contributed by atoms with Crippen molar-refractivity contribution in [3.8, 4) is 23.3 Å². The molecule has 0 aliphatic rings. The minimum atomic E-state index is 0.531. The molecule has 23 heavy (non-hydrogen) atoms. The molecule has 4 nitrogen and oxygen atoms in total. The minimum absolute atomic E-state index is 0.531. The molecule has 5 heteroatoms. The molecule has 2 aromatic carbocycles. The highest BCUT2D eigenvalue weighted by Crippen LogP contribution is 2.32. The van der Waals surface area contributed by atoms with Crippen molar-refractivity contribution in [2.75, 3.05) is 21.3 Å². The van der Waals surface area contributed by atoms with Gasteiger partial charge in [0, 0.05) is 0 Å². The Bertz CT molecular complexity index is 778. The van der Waals surface area contributed by atoms with Gasteiger partial charge in [0.25, 0.3) is 0 Å². The molecule has 0 amide bonds. The molecular weight excluding hydrogens is 358 g/mol. The molecule has 0 aromatic heterocycles. The molecule has 0 fully saturated rings. The summed E-state index contributed by atoms with van der Waals surface area (Å²) in [7, 11) is 4.76. The maximum Gasteiger partial charge on any atom is 0.161 e. The van der Waals surface area contributed by atoms with Gasteiger partial charge in [-0.25, -0.2) is 0 Å². The lowest BCUT2D eigenvalue weighted by Crippen LogP contribution is -1.92. The van der Waals surface area contributed by atoms with Crippen molar-refractivity contribution in [1.29, 1.82) is 5.26 Å². The second-order valence-corrected chi connectivity index (χ2v) is 5.49. The second-order valence-electron chi connectivity index (χ2n) is 4.63. The monoisotopic (exact) mass is 373 g/mol. The normalized spacial score (nSPS) is 10.8. The summed E-state index contributed by atoms with van der Waals surface area (Å²) in [5.41, 5.74) is 2.18. The van der Waals surface area contributed by atoms with Gasteiger partial charge in [0.15, 0.2) is 11.5 Å². The standard InChI is InChI=1S/C18H16BrNO3/c1-21-16-6-4-12(9-15(16)19)8-14(11-20)13-5-7-17(22-2)18(10-13)23-3/h4-10H,1-3H3. The number of allylic oxidation sites excluding steroid dienone is 1. The molecule has 118 valence electrons. The molecule has 0 saturated heterocycles. The van der Waals surface area contributed by atoms with Crippen molar-refractivity contribution in [1.82, 2.24) is 0 Å². The van der Waals surface area contributed by atoms with Crippen LogP contribution in [0.25, 0.3) is 11.6 Å². The van der Waals surface area contributed by atoms with E-state index in [0.717, 1.165) is 21.3 Å². The van der Waals surface area contributed by atoms with Crippen LogP contribution in [0.3, 0.4) is 0 Å². The Morgan fingerprint density at radius 3 is 2.17 bits per heavy atom. The first kappa shape index (κ1) is 16.9. The zero-order chi connectivity index (χ0) is 16.8. The molecule has 0 aliphatic carbocycles. The van der Waals surface area contributed by atoms with Gasteiger partial charge < -0.3 is 14.2 Å². The van der Waals surface area contributed by atoms with Crippen molar-refractivity contribution < 1.29 is 14.2 Å². The first-order valence-electron chi connectivity index (χ1n) is 6.80. The van der Waals surface area contributed by atoms with E-state index in [-0.39, 0.29) is 0 Å². The summed E-state index contributed by atoms with van der Waals surface area (Å²) in [6.07, 6.45) is 1.81. The molecule has 0 atom stereocenters. The van der Waals surface area contributed by atoms with Gasteiger partial charge in [-0.15, -0.1) is 0 Å². The van der Waals surface area contributed by atoms with Crippen LogP contribution in [0, 0.1) is 11.3 Å². The average Bonchev–Trinajstić information content (AvgIpc) is 2.59. The van der Waals surface area contributed by atoms with Crippen LogP contribution in [0.2, 0.25) is 0 Å². The van der Waals surface area contributed by atoms with E-state index >= 15 is 0 Å². The van der Waals surface area contributed by atoms with E-state index in [1.54, 1.807) is 33.5 Å². The van der Waals surface area contributed by atoms with Gasteiger partial charge in [0.2, 0.25) is 0 Å². The first-order valence-corrected chi connectivity index (χ1v) is 7.60. The lowest BCUT2D eigenvalue weighted by atomic mass is 10.0. The number of hydrogen-bond acceptors (Lipinski definition) is 4. The van der Waals surface area contributed by atoms with E-state index in [2.05, 4.69) is 22.0 Å². The lowest BCUT2D eigenvalue weighted by molar-refractivity contribution is 0.355. The summed E-state index contributed by atoms with van der Waals surface area (Å²) >= 11 is 3.44. The third-order valence-corrected chi connectivity index (χ3v) is 3.92. The van der Waals surface area contributed by atoms with Gasteiger partial charge in [0.1, 0.15) is 5.75 Å². The Kier molecular flexibility index (Phi) is 5.67. The highest BCUT2D eigenvalue weighted by molar-refractivity contribution is 9.10. The van der Waals surface area contributed by atoms with Gasteiger partial charge in [-0.2, -0.15) is 5.26 Å². The highest BCUT2D eigenvalue weighted by Gasteiger charge is 2.08. The van der Waals surface area contributed by atoms with Crippen molar-refractivity contribution in [2.24, 2.45) is 0 Å². The van der Waals surface area contributed by atoms with Crippen LogP contribution in [0.4, 0.5) is 0 Å². The lowest BCUT2D eigenvalue weighted by Gasteiger charge is -2.09. The first-order chi connectivity index (χ1) is 11.1. The van der Waals surface area contributed by atoms with E-state index in [1.807, 2.05) is 30.3 Å². The molecule has 0 saturated carbocycles. The number of halogens is 1. The van der Waals surface area contributed by atoms with E-state index in [0.29, 0.717) is 17.1 Å². The molecular formula is C18H16BrNO3. The van der Waals surface area contributed by atoms with Gasteiger partial charge in [-0.05, 0) is 63.5 Å². The van der Waals surface area contributed by atoms with E-state index in [9.17, 15) is 5.26 Å². The van der Waals surface area contributed by atoms with Crippen LogP contribution in [0.15, 0.2) is 40.9 Å². The highest BCUT2D eigenvalue weighted by atomic mass is 79.9. The van der Waals surface area contributed by atoms with Gasteiger partial charge in [-0.3, -0.25) is 0 Å². The third-order valence-electron chi connectivity index (χ3n) is 3.30. The molecule has 2 aromatic rings. The van der Waals surface area contributed by atoms with Gasteiger partial charge in [-0.1, -0.05) is 6.07 Å². The maximum absolute atomic E-state index is 9.47. The van der Waals surface area contributed by atoms with Crippen LogP contribution < -0.4 is 14.2 Å². The fraction of sp³-hybridized carbons (Fsp3) is 0.167. The fourth-order valence-corrected chi connectivity index (χ4v) is 2.68. The van der Waals surface area contributed by atoms with E-state index in [4.69, 9.17) is 14.2 Å². The van der Waals surface area contributed by atoms with E-state index in [1.165, 1.54) is 0 Å². The van der Waals surface area contributed by atoms with Crippen molar-refractivity contribution in [2.45, 2.75) is 0 Å². The summed E-state index contributed by atoms with van der Waals surface area (Å²) in [4.78, 5) is 0. The van der Waals surface area contributed by atoms with Crippen LogP contribution in [-0.2, 0) is 0 Å². The quantitative estimate of drug-likeness (QED) is 0.570. The fourth-order valence-electron chi connectivity index (χ4n) is 2.12. The minimum Gasteiger partial charge on any atom is -0.496 e. The summed E-state index contributed by atoms with van der Waals surface area (Å²) in [5.74, 6) is 1.95. The average molecular weight is 374 g/mol. The Balaban J connectivity index is 2.43. The number of hydrogen-bond donors (Lipinski definition) is 0. The molecule has 0 heterocycles. The Morgan fingerprint density at radius 2 is 1.61 bits per heavy atom. The molecule has 0 spiro atoms. The molecule has 0 bridgehead atoms. The van der Waals surface area contributed by atoms with Crippen molar-refractivity contribution in [3.05, 3.63) is 52.0 Å². The Hall–Kier alpha value is -2.45. The predicted octanol–water partition coefficient (Wildman–Crippen LogP) is 4.54.